The molecule has 0 radical (unpaired) electrons. The van der Waals surface area contributed by atoms with E-state index >= 15 is 0 Å². The van der Waals surface area contributed by atoms with Gasteiger partial charge in [-0.25, -0.2) is 0 Å². The number of aliphatic hydroxyl groups is 1. The number of nitrogens with zero attached hydrogens (tertiary/aromatic N) is 2. The second-order valence-electron chi connectivity index (χ2n) is 6.17. The average Bonchev–Trinajstić information content (AvgIpc) is 3.31. The lowest BCUT2D eigenvalue weighted by Crippen LogP contribution is -2.37. The van der Waals surface area contributed by atoms with Crippen molar-refractivity contribution in [2.75, 3.05) is 0 Å². The standard InChI is InChI=1S/C17H20ClN3O3/c1-10(16(23)11-4-6-13(18)7-5-11)19-14(22)8-9-15-20-17(21-24-15)12-2-3-12/h4-7,10,12,16,23H,2-3,8-9H2,1H3,(H,19,22). The molecule has 1 aromatic carbocycles. The van der Waals surface area contributed by atoms with Crippen LogP contribution >= 0.6 is 11.6 Å². The van der Waals surface area contributed by atoms with E-state index in [1.165, 1.54) is 0 Å². The predicted molar refractivity (Wildman–Crippen MR) is 88.6 cm³/mol. The quantitative estimate of drug-likeness (QED) is 0.802. The van der Waals surface area contributed by atoms with E-state index in [0.717, 1.165) is 18.7 Å². The van der Waals surface area contributed by atoms with Gasteiger partial charge < -0.3 is 14.9 Å². The molecule has 0 aliphatic heterocycles. The lowest BCUT2D eigenvalue weighted by Gasteiger charge is -2.20. The third-order valence-electron chi connectivity index (χ3n) is 4.07. The highest BCUT2D eigenvalue weighted by atomic mass is 35.5. The van der Waals surface area contributed by atoms with Crippen LogP contribution < -0.4 is 5.32 Å². The molecular formula is C17H20ClN3O3. The normalized spacial score (nSPS) is 16.6. The van der Waals surface area contributed by atoms with E-state index in [-0.39, 0.29) is 12.3 Å². The fourth-order valence-corrected chi connectivity index (χ4v) is 2.58. The van der Waals surface area contributed by atoms with Crippen LogP contribution in [0.1, 0.15) is 55.5 Å². The number of amides is 1. The minimum Gasteiger partial charge on any atom is -0.386 e. The average molecular weight is 350 g/mol. The van der Waals surface area contributed by atoms with Crippen molar-refractivity contribution in [2.24, 2.45) is 0 Å². The molecule has 24 heavy (non-hydrogen) atoms. The van der Waals surface area contributed by atoms with Crippen LogP contribution in [0, 0.1) is 0 Å². The first-order chi connectivity index (χ1) is 11.5. The molecule has 6 nitrogen and oxygen atoms in total. The summed E-state index contributed by atoms with van der Waals surface area (Å²) >= 11 is 5.83. The highest BCUT2D eigenvalue weighted by Crippen LogP contribution is 2.38. The van der Waals surface area contributed by atoms with Crippen LogP contribution in [0.4, 0.5) is 0 Å². The van der Waals surface area contributed by atoms with Gasteiger partial charge in [0, 0.05) is 23.8 Å². The van der Waals surface area contributed by atoms with Gasteiger partial charge in [-0.05, 0) is 37.5 Å². The number of aryl methyl sites for hydroxylation is 1. The van der Waals surface area contributed by atoms with Crippen LogP contribution in [0.15, 0.2) is 28.8 Å². The van der Waals surface area contributed by atoms with Crippen molar-refractivity contribution in [3.63, 3.8) is 0 Å². The van der Waals surface area contributed by atoms with Gasteiger partial charge in [-0.1, -0.05) is 28.9 Å². The Hall–Kier alpha value is -1.92. The number of hydrogen-bond acceptors (Lipinski definition) is 5. The Kier molecular flexibility index (Phi) is 5.16. The Balaban J connectivity index is 1.47. The summed E-state index contributed by atoms with van der Waals surface area (Å²) in [5.74, 6) is 1.50. The molecule has 128 valence electrons. The third kappa shape index (κ3) is 4.33. The number of aromatic nitrogens is 2. The summed E-state index contributed by atoms with van der Waals surface area (Å²) in [5, 5.41) is 17.6. The SMILES string of the molecule is CC(NC(=O)CCc1nc(C2CC2)no1)C(O)c1ccc(Cl)cc1. The zero-order chi connectivity index (χ0) is 17.1. The number of hydrogen-bond donors (Lipinski definition) is 2. The Labute approximate surface area is 145 Å². The first kappa shape index (κ1) is 16.9. The Morgan fingerprint density at radius 2 is 2.12 bits per heavy atom. The summed E-state index contributed by atoms with van der Waals surface area (Å²) in [6.45, 7) is 1.76. The number of rotatable bonds is 7. The number of carbonyl (C=O) groups excluding carboxylic acids is 1. The highest BCUT2D eigenvalue weighted by Gasteiger charge is 2.28. The molecule has 1 heterocycles. The molecule has 2 unspecified atom stereocenters. The summed E-state index contributed by atoms with van der Waals surface area (Å²) in [4.78, 5) is 16.3. The van der Waals surface area contributed by atoms with Gasteiger partial charge in [0.1, 0.15) is 0 Å². The van der Waals surface area contributed by atoms with Crippen molar-refractivity contribution < 1.29 is 14.4 Å². The maximum atomic E-state index is 12.0. The monoisotopic (exact) mass is 349 g/mol. The molecule has 1 fully saturated rings. The molecular weight excluding hydrogens is 330 g/mol. The first-order valence-electron chi connectivity index (χ1n) is 8.08. The largest absolute Gasteiger partial charge is 0.386 e. The Morgan fingerprint density at radius 1 is 1.42 bits per heavy atom. The van der Waals surface area contributed by atoms with Crippen molar-refractivity contribution in [3.8, 4) is 0 Å². The molecule has 2 atom stereocenters. The topological polar surface area (TPSA) is 88.3 Å². The highest BCUT2D eigenvalue weighted by molar-refractivity contribution is 6.30. The van der Waals surface area contributed by atoms with Gasteiger partial charge in [-0.3, -0.25) is 4.79 Å². The van der Waals surface area contributed by atoms with Crippen molar-refractivity contribution in [1.82, 2.24) is 15.5 Å². The molecule has 0 saturated heterocycles. The first-order valence-corrected chi connectivity index (χ1v) is 8.46. The number of benzene rings is 1. The zero-order valence-corrected chi connectivity index (χ0v) is 14.2. The fourth-order valence-electron chi connectivity index (χ4n) is 2.45. The van der Waals surface area contributed by atoms with E-state index in [4.69, 9.17) is 16.1 Å². The third-order valence-corrected chi connectivity index (χ3v) is 4.32. The molecule has 0 spiro atoms. The summed E-state index contributed by atoms with van der Waals surface area (Å²) in [5.41, 5.74) is 0.707. The van der Waals surface area contributed by atoms with Gasteiger partial charge in [-0.15, -0.1) is 0 Å². The maximum Gasteiger partial charge on any atom is 0.227 e. The van der Waals surface area contributed by atoms with Gasteiger partial charge >= 0.3 is 0 Å². The molecule has 1 aliphatic rings. The van der Waals surface area contributed by atoms with E-state index in [1.807, 2.05) is 0 Å². The van der Waals surface area contributed by atoms with Gasteiger partial charge in [0.05, 0.1) is 12.1 Å². The van der Waals surface area contributed by atoms with Gasteiger partial charge in [0.15, 0.2) is 5.82 Å². The van der Waals surface area contributed by atoms with Crippen molar-refractivity contribution in [2.45, 2.75) is 50.7 Å². The molecule has 3 rings (SSSR count). The number of aliphatic hydroxyl groups excluding tert-OH is 1. The molecule has 1 aliphatic carbocycles. The smallest absolute Gasteiger partial charge is 0.227 e. The molecule has 1 aromatic heterocycles. The summed E-state index contributed by atoms with van der Waals surface area (Å²) in [6.07, 6.45) is 2.06. The maximum absolute atomic E-state index is 12.0. The van der Waals surface area contributed by atoms with Crippen LogP contribution in [-0.2, 0) is 11.2 Å². The van der Waals surface area contributed by atoms with Crippen molar-refractivity contribution in [3.05, 3.63) is 46.6 Å². The number of halogens is 1. The van der Waals surface area contributed by atoms with E-state index in [9.17, 15) is 9.90 Å². The van der Waals surface area contributed by atoms with Crippen LogP contribution in [-0.4, -0.2) is 27.2 Å². The molecule has 2 N–H and O–H groups in total. The van der Waals surface area contributed by atoms with Crippen LogP contribution in [0.2, 0.25) is 5.02 Å². The van der Waals surface area contributed by atoms with Gasteiger partial charge in [-0.2, -0.15) is 4.98 Å². The van der Waals surface area contributed by atoms with Gasteiger partial charge in [0.2, 0.25) is 11.8 Å². The van der Waals surface area contributed by atoms with E-state index in [0.29, 0.717) is 28.8 Å². The van der Waals surface area contributed by atoms with Crippen LogP contribution in [0.5, 0.6) is 0 Å². The molecule has 2 aromatic rings. The summed E-state index contributed by atoms with van der Waals surface area (Å²) in [7, 11) is 0. The second kappa shape index (κ2) is 7.32. The van der Waals surface area contributed by atoms with Crippen LogP contribution in [0.25, 0.3) is 0 Å². The Morgan fingerprint density at radius 3 is 2.79 bits per heavy atom. The molecule has 1 saturated carbocycles. The van der Waals surface area contributed by atoms with E-state index in [1.54, 1.807) is 31.2 Å². The summed E-state index contributed by atoms with van der Waals surface area (Å²) in [6, 6.07) is 6.49. The lowest BCUT2D eigenvalue weighted by atomic mass is 10.0. The van der Waals surface area contributed by atoms with E-state index in [2.05, 4.69) is 15.5 Å². The van der Waals surface area contributed by atoms with Crippen molar-refractivity contribution >= 4 is 17.5 Å². The van der Waals surface area contributed by atoms with Crippen LogP contribution in [0.3, 0.4) is 0 Å². The zero-order valence-electron chi connectivity index (χ0n) is 13.4. The number of carbonyl (C=O) groups is 1. The lowest BCUT2D eigenvalue weighted by molar-refractivity contribution is -0.122. The molecule has 7 heteroatoms. The minimum atomic E-state index is -0.795. The van der Waals surface area contributed by atoms with Crippen molar-refractivity contribution in [1.29, 1.82) is 0 Å². The Bertz CT molecular complexity index is 697. The van der Waals surface area contributed by atoms with E-state index < -0.39 is 12.1 Å². The number of nitrogens with one attached hydrogen (secondary N) is 1. The molecule has 0 bridgehead atoms. The summed E-state index contributed by atoms with van der Waals surface area (Å²) < 4.78 is 5.15. The second-order valence-corrected chi connectivity index (χ2v) is 6.61. The fraction of sp³-hybridized carbons (Fsp3) is 0.471. The predicted octanol–water partition coefficient (Wildman–Crippen LogP) is 2.77. The minimum absolute atomic E-state index is 0.165. The van der Waals surface area contributed by atoms with Gasteiger partial charge in [0.25, 0.3) is 0 Å². The molecule has 1 amide bonds.